The van der Waals surface area contributed by atoms with Gasteiger partial charge < -0.3 is 0 Å². The van der Waals surface area contributed by atoms with E-state index < -0.39 is 7.26 Å². The van der Waals surface area contributed by atoms with Crippen LogP contribution >= 0.6 is 23.2 Å². The van der Waals surface area contributed by atoms with Gasteiger partial charge in [0.1, 0.15) is 0 Å². The minimum atomic E-state index is -0.870. The van der Waals surface area contributed by atoms with E-state index in [9.17, 15) is 0 Å². The van der Waals surface area contributed by atoms with Crippen LogP contribution < -0.4 is 5.30 Å². The lowest BCUT2D eigenvalue weighted by Gasteiger charge is -2.17. The van der Waals surface area contributed by atoms with Crippen LogP contribution in [-0.2, 0) is 0 Å². The Hall–Kier alpha value is 0.130. The molecule has 114 valence electrons. The van der Waals surface area contributed by atoms with Gasteiger partial charge in [0, 0.05) is 12.6 Å². The fourth-order valence-corrected chi connectivity index (χ4v) is 5.27. The first-order valence-electron chi connectivity index (χ1n) is 8.11. The van der Waals surface area contributed by atoms with Crippen molar-refractivity contribution < 1.29 is 0 Å². The number of hydrogen-bond acceptors (Lipinski definition) is 0. The number of hydrogen-bond donors (Lipinski definition) is 0. The van der Waals surface area contributed by atoms with Gasteiger partial charge in [-0.3, -0.25) is 0 Å². The van der Waals surface area contributed by atoms with E-state index in [2.05, 4.69) is 59.6 Å². The number of benzene rings is 1. The molecule has 0 unspecified atom stereocenters. The Balaban J connectivity index is 2.06. The topological polar surface area (TPSA) is 0 Å². The van der Waals surface area contributed by atoms with Crippen molar-refractivity contribution >= 4 is 28.5 Å². The fourth-order valence-electron chi connectivity index (χ4n) is 2.62. The first-order valence-corrected chi connectivity index (χ1v) is 12.1. The van der Waals surface area contributed by atoms with E-state index >= 15 is 0 Å². The summed E-state index contributed by atoms with van der Waals surface area (Å²) in [7, 11) is -0.870. The van der Waals surface area contributed by atoms with Crippen molar-refractivity contribution in [3.05, 3.63) is 30.3 Å². The van der Waals surface area contributed by atoms with Gasteiger partial charge in [0.25, 0.3) is 0 Å². The molecule has 1 rings (SSSR count). The molecule has 2 heteroatoms. The van der Waals surface area contributed by atoms with Gasteiger partial charge in [-0.2, -0.15) is 0 Å². The second-order valence-corrected chi connectivity index (χ2v) is 11.4. The van der Waals surface area contributed by atoms with Gasteiger partial charge in [0.15, 0.2) is 0 Å². The van der Waals surface area contributed by atoms with E-state index in [1.807, 2.05) is 0 Å². The molecule has 0 heterocycles. The Bertz CT molecular complexity index is 335. The van der Waals surface area contributed by atoms with Crippen molar-refractivity contribution in [3.63, 3.8) is 0 Å². The van der Waals surface area contributed by atoms with Crippen LogP contribution in [0.5, 0.6) is 0 Å². The molecule has 1 aromatic rings. The second kappa shape index (κ2) is 10.8. The first kappa shape index (κ1) is 18.2. The summed E-state index contributed by atoms with van der Waals surface area (Å²) in [6, 6.07) is 11.1. The molecule has 0 radical (unpaired) electrons. The average Bonchev–Trinajstić information content (AvgIpc) is 2.46. The summed E-state index contributed by atoms with van der Waals surface area (Å²) in [6.45, 7) is 4.98. The molecule has 0 fully saturated rings. The lowest BCUT2D eigenvalue weighted by molar-refractivity contribution is 0.587. The van der Waals surface area contributed by atoms with E-state index in [4.69, 9.17) is 0 Å². The molecule has 0 spiro atoms. The van der Waals surface area contributed by atoms with E-state index in [0.717, 1.165) is 0 Å². The third-order valence-corrected chi connectivity index (χ3v) is 7.75. The summed E-state index contributed by atoms with van der Waals surface area (Å²) >= 11 is 3.49. The summed E-state index contributed by atoms with van der Waals surface area (Å²) in [4.78, 5) is 0. The molecule has 0 aliphatic rings. The number of unbranched alkanes of at least 4 members (excludes halogenated alkanes) is 7. The van der Waals surface area contributed by atoms with Crippen LogP contribution in [0.25, 0.3) is 0 Å². The zero-order valence-electron chi connectivity index (χ0n) is 13.3. The maximum absolute atomic E-state index is 3.49. The molecule has 0 saturated heterocycles. The quantitative estimate of drug-likeness (QED) is 0.255. The molecule has 0 atom stereocenters. The maximum Gasteiger partial charge on any atom is 0.0933 e. The maximum atomic E-state index is 3.49. The van der Waals surface area contributed by atoms with Gasteiger partial charge in [-0.15, -0.1) is 0 Å². The highest BCUT2D eigenvalue weighted by atomic mass is 79.9. The molecule has 20 heavy (non-hydrogen) atoms. The predicted octanol–water partition coefficient (Wildman–Crippen LogP) is 6.10. The van der Waals surface area contributed by atoms with Crippen LogP contribution in [-0.4, -0.2) is 24.8 Å². The van der Waals surface area contributed by atoms with Crippen LogP contribution in [0.15, 0.2) is 30.3 Å². The Morgan fingerprint density at radius 2 is 1.25 bits per heavy atom. The second-order valence-electron chi connectivity index (χ2n) is 6.26. The molecule has 1 aromatic carbocycles. The monoisotopic (exact) mass is 357 g/mol. The van der Waals surface area contributed by atoms with Crippen molar-refractivity contribution in [1.82, 2.24) is 0 Å². The molecule has 0 aliphatic heterocycles. The summed E-state index contributed by atoms with van der Waals surface area (Å²) in [6.07, 6.45) is 12.7. The van der Waals surface area contributed by atoms with Crippen molar-refractivity contribution in [2.45, 2.75) is 51.4 Å². The molecular weight excluding hydrogens is 327 g/mol. The standard InChI is InChI=1S/C18H31BrP/c1-20(2,18-14-10-9-11-15-18)17-13-8-6-4-3-5-7-12-16-19/h9-11,14-15H,3-8,12-13,16-17H2,1-2H3/q+1. The Kier molecular flexibility index (Phi) is 9.82. The summed E-state index contributed by atoms with van der Waals surface area (Å²) in [5.41, 5.74) is 0. The summed E-state index contributed by atoms with van der Waals surface area (Å²) in [5, 5.41) is 2.76. The van der Waals surface area contributed by atoms with E-state index in [0.29, 0.717) is 0 Å². The molecule has 0 amide bonds. The van der Waals surface area contributed by atoms with E-state index in [1.54, 1.807) is 5.30 Å². The third kappa shape index (κ3) is 7.79. The first-order chi connectivity index (χ1) is 9.67. The molecule has 0 saturated carbocycles. The fraction of sp³-hybridized carbons (Fsp3) is 0.667. The molecule has 0 nitrogen and oxygen atoms in total. The van der Waals surface area contributed by atoms with Crippen LogP contribution in [0, 0.1) is 0 Å². The largest absolute Gasteiger partial charge is 0.0933 e. The van der Waals surface area contributed by atoms with Crippen molar-refractivity contribution in [2.75, 3.05) is 24.8 Å². The molecule has 0 aromatic heterocycles. The van der Waals surface area contributed by atoms with Crippen molar-refractivity contribution in [2.24, 2.45) is 0 Å². The van der Waals surface area contributed by atoms with E-state index in [1.165, 1.54) is 62.9 Å². The number of rotatable bonds is 11. The highest BCUT2D eigenvalue weighted by molar-refractivity contribution is 9.09. The van der Waals surface area contributed by atoms with Gasteiger partial charge in [-0.1, -0.05) is 66.2 Å². The zero-order valence-corrected chi connectivity index (χ0v) is 15.8. The lowest BCUT2D eigenvalue weighted by Crippen LogP contribution is -2.11. The smallest absolute Gasteiger partial charge is 0.0928 e. The van der Waals surface area contributed by atoms with Gasteiger partial charge in [0.05, 0.1) is 24.8 Å². The molecule has 0 bridgehead atoms. The Morgan fingerprint density at radius 1 is 0.750 bits per heavy atom. The van der Waals surface area contributed by atoms with Crippen LogP contribution in [0.2, 0.25) is 0 Å². The van der Waals surface area contributed by atoms with Gasteiger partial charge in [-0.05, 0) is 31.4 Å². The highest BCUT2D eigenvalue weighted by Crippen LogP contribution is 2.50. The molecule has 0 N–H and O–H groups in total. The van der Waals surface area contributed by atoms with Gasteiger partial charge in [0.2, 0.25) is 0 Å². The summed E-state index contributed by atoms with van der Waals surface area (Å²) in [5.74, 6) is 0. The number of halogens is 1. The van der Waals surface area contributed by atoms with Crippen LogP contribution in [0.1, 0.15) is 51.4 Å². The van der Waals surface area contributed by atoms with Crippen molar-refractivity contribution in [1.29, 1.82) is 0 Å². The zero-order chi connectivity index (χ0) is 14.7. The van der Waals surface area contributed by atoms with Crippen molar-refractivity contribution in [3.8, 4) is 0 Å². The average molecular weight is 358 g/mol. The molecular formula is C18H31BrP+. The molecule has 0 aliphatic carbocycles. The van der Waals surface area contributed by atoms with Gasteiger partial charge in [-0.25, -0.2) is 0 Å². The minimum Gasteiger partial charge on any atom is -0.0928 e. The predicted molar refractivity (Wildman–Crippen MR) is 100 cm³/mol. The third-order valence-electron chi connectivity index (χ3n) is 4.06. The number of alkyl halides is 1. The SMILES string of the molecule is C[P+](C)(CCCCCCCCCCBr)c1ccccc1. The van der Waals surface area contributed by atoms with Crippen LogP contribution in [0.3, 0.4) is 0 Å². The summed E-state index contributed by atoms with van der Waals surface area (Å²) < 4.78 is 0. The highest BCUT2D eigenvalue weighted by Gasteiger charge is 2.26. The lowest BCUT2D eigenvalue weighted by atomic mass is 10.1. The Labute approximate surface area is 135 Å². The Morgan fingerprint density at radius 3 is 1.80 bits per heavy atom. The normalized spacial score (nSPS) is 11.8. The van der Waals surface area contributed by atoms with Gasteiger partial charge >= 0.3 is 0 Å². The minimum absolute atomic E-state index is 0.870. The van der Waals surface area contributed by atoms with Crippen LogP contribution in [0.4, 0.5) is 0 Å². The van der Waals surface area contributed by atoms with E-state index in [-0.39, 0.29) is 0 Å².